The molecule has 0 saturated carbocycles. The summed E-state index contributed by atoms with van der Waals surface area (Å²) in [6.07, 6.45) is 2.47. The molecule has 122 valence electrons. The van der Waals surface area contributed by atoms with Crippen LogP contribution in [0.2, 0.25) is 5.02 Å². The Bertz CT molecular complexity index is 653. The third kappa shape index (κ3) is 3.94. The van der Waals surface area contributed by atoms with E-state index < -0.39 is 0 Å². The SMILES string of the molecule is C[C@H](NC(=O)c1cccc(Cl)c1)[C@@H](c1cccs1)N1CCCC1. The molecular weight excluding hydrogens is 328 g/mol. The van der Waals surface area contributed by atoms with Gasteiger partial charge in [-0.25, -0.2) is 0 Å². The van der Waals surface area contributed by atoms with Crippen molar-refractivity contribution in [3.05, 3.63) is 57.2 Å². The van der Waals surface area contributed by atoms with Gasteiger partial charge in [0.15, 0.2) is 0 Å². The lowest BCUT2D eigenvalue weighted by Gasteiger charge is -2.32. The van der Waals surface area contributed by atoms with Gasteiger partial charge >= 0.3 is 0 Å². The standard InChI is InChI=1S/C18H21ClN2OS/c1-13(20-18(22)14-6-4-7-15(19)12-14)17(16-8-5-11-23-16)21-9-2-3-10-21/h4-8,11-13,17H,2-3,9-10H2,1H3,(H,20,22)/t13-,17-/m0/s1. The van der Waals surface area contributed by atoms with Gasteiger partial charge in [-0.05, 0) is 62.5 Å². The summed E-state index contributed by atoms with van der Waals surface area (Å²) < 4.78 is 0. The van der Waals surface area contributed by atoms with Crippen molar-refractivity contribution in [3.8, 4) is 0 Å². The number of halogens is 1. The van der Waals surface area contributed by atoms with Gasteiger partial charge < -0.3 is 5.32 Å². The minimum Gasteiger partial charge on any atom is -0.348 e. The van der Waals surface area contributed by atoms with E-state index in [9.17, 15) is 4.79 Å². The summed E-state index contributed by atoms with van der Waals surface area (Å²) in [7, 11) is 0. The second kappa shape index (κ2) is 7.47. The van der Waals surface area contributed by atoms with Crippen molar-refractivity contribution in [2.75, 3.05) is 13.1 Å². The van der Waals surface area contributed by atoms with Crippen LogP contribution in [0.15, 0.2) is 41.8 Å². The fourth-order valence-electron chi connectivity index (χ4n) is 3.22. The van der Waals surface area contributed by atoms with Crippen LogP contribution >= 0.6 is 22.9 Å². The van der Waals surface area contributed by atoms with E-state index in [4.69, 9.17) is 11.6 Å². The summed E-state index contributed by atoms with van der Waals surface area (Å²) >= 11 is 7.74. The van der Waals surface area contributed by atoms with Crippen LogP contribution in [0.4, 0.5) is 0 Å². The van der Waals surface area contributed by atoms with Gasteiger partial charge in [0.05, 0.1) is 6.04 Å². The number of carbonyl (C=O) groups is 1. The maximum atomic E-state index is 12.5. The van der Waals surface area contributed by atoms with E-state index in [-0.39, 0.29) is 18.0 Å². The van der Waals surface area contributed by atoms with Gasteiger partial charge in [-0.3, -0.25) is 9.69 Å². The van der Waals surface area contributed by atoms with E-state index in [1.54, 1.807) is 35.6 Å². The van der Waals surface area contributed by atoms with E-state index in [2.05, 4.69) is 34.7 Å². The second-order valence-electron chi connectivity index (χ2n) is 5.98. The Labute approximate surface area is 146 Å². The molecule has 0 aliphatic carbocycles. The number of rotatable bonds is 5. The molecule has 1 amide bonds. The van der Waals surface area contributed by atoms with Crippen LogP contribution in [0.5, 0.6) is 0 Å². The highest BCUT2D eigenvalue weighted by atomic mass is 35.5. The predicted octanol–water partition coefficient (Wildman–Crippen LogP) is 4.36. The molecule has 2 heterocycles. The van der Waals surface area contributed by atoms with Crippen LogP contribution in [0, 0.1) is 0 Å². The summed E-state index contributed by atoms with van der Waals surface area (Å²) in [5.74, 6) is -0.0687. The van der Waals surface area contributed by atoms with Crippen molar-refractivity contribution in [1.82, 2.24) is 10.2 Å². The predicted molar refractivity (Wildman–Crippen MR) is 96.2 cm³/mol. The molecule has 1 N–H and O–H groups in total. The van der Waals surface area contributed by atoms with E-state index in [1.165, 1.54) is 17.7 Å². The molecule has 2 aromatic rings. The molecule has 1 aliphatic rings. The monoisotopic (exact) mass is 348 g/mol. The first-order chi connectivity index (χ1) is 11.1. The van der Waals surface area contributed by atoms with E-state index >= 15 is 0 Å². The Morgan fingerprint density at radius 2 is 2.04 bits per heavy atom. The summed E-state index contributed by atoms with van der Waals surface area (Å²) in [6, 6.07) is 11.6. The molecule has 3 nitrogen and oxygen atoms in total. The lowest BCUT2D eigenvalue weighted by molar-refractivity contribution is 0.0908. The molecule has 0 radical (unpaired) electrons. The Morgan fingerprint density at radius 3 is 2.70 bits per heavy atom. The number of hydrogen-bond donors (Lipinski definition) is 1. The van der Waals surface area contributed by atoms with Crippen molar-refractivity contribution in [1.29, 1.82) is 0 Å². The number of benzene rings is 1. The van der Waals surface area contributed by atoms with Gasteiger partial charge in [-0.1, -0.05) is 23.7 Å². The molecule has 1 aliphatic heterocycles. The minimum absolute atomic E-state index is 0.0400. The number of thiophene rings is 1. The molecule has 1 saturated heterocycles. The molecule has 1 aromatic carbocycles. The van der Waals surface area contributed by atoms with Crippen LogP contribution in [-0.2, 0) is 0 Å². The lowest BCUT2D eigenvalue weighted by atomic mass is 10.1. The van der Waals surface area contributed by atoms with E-state index in [0.29, 0.717) is 10.6 Å². The Balaban J connectivity index is 1.75. The molecule has 0 spiro atoms. The zero-order valence-electron chi connectivity index (χ0n) is 13.2. The largest absolute Gasteiger partial charge is 0.348 e. The quantitative estimate of drug-likeness (QED) is 0.870. The van der Waals surface area contributed by atoms with Crippen molar-refractivity contribution in [2.45, 2.75) is 31.8 Å². The highest BCUT2D eigenvalue weighted by molar-refractivity contribution is 7.10. The minimum atomic E-state index is -0.0687. The van der Waals surface area contributed by atoms with Crippen LogP contribution < -0.4 is 5.32 Å². The van der Waals surface area contributed by atoms with Gasteiger partial charge in [-0.2, -0.15) is 0 Å². The molecule has 1 aromatic heterocycles. The average molecular weight is 349 g/mol. The van der Waals surface area contributed by atoms with E-state index in [1.807, 2.05) is 0 Å². The molecular formula is C18H21ClN2OS. The number of nitrogens with zero attached hydrogens (tertiary/aromatic N) is 1. The molecule has 23 heavy (non-hydrogen) atoms. The van der Waals surface area contributed by atoms with Gasteiger partial charge in [-0.15, -0.1) is 11.3 Å². The third-order valence-corrected chi connectivity index (χ3v) is 5.47. The summed E-state index contributed by atoms with van der Waals surface area (Å²) in [4.78, 5) is 16.3. The normalized spacial score (nSPS) is 17.8. The van der Waals surface area contributed by atoms with Gasteiger partial charge in [0.2, 0.25) is 0 Å². The average Bonchev–Trinajstić information content (AvgIpc) is 3.21. The number of likely N-dealkylation sites (tertiary alicyclic amines) is 1. The number of hydrogen-bond acceptors (Lipinski definition) is 3. The lowest BCUT2D eigenvalue weighted by Crippen LogP contribution is -2.43. The summed E-state index contributed by atoms with van der Waals surface area (Å²) in [6.45, 7) is 4.28. The Kier molecular flexibility index (Phi) is 5.36. The van der Waals surface area contributed by atoms with Crippen LogP contribution in [0.25, 0.3) is 0 Å². The second-order valence-corrected chi connectivity index (χ2v) is 7.39. The van der Waals surface area contributed by atoms with Crippen molar-refractivity contribution < 1.29 is 4.79 Å². The molecule has 3 rings (SSSR count). The first-order valence-corrected chi connectivity index (χ1v) is 9.25. The third-order valence-electron chi connectivity index (χ3n) is 4.29. The molecule has 1 fully saturated rings. The van der Waals surface area contributed by atoms with Crippen LogP contribution in [0.1, 0.15) is 41.0 Å². The Morgan fingerprint density at radius 1 is 1.26 bits per heavy atom. The van der Waals surface area contributed by atoms with Crippen LogP contribution in [0.3, 0.4) is 0 Å². The van der Waals surface area contributed by atoms with Crippen molar-refractivity contribution in [2.24, 2.45) is 0 Å². The van der Waals surface area contributed by atoms with Gasteiger partial charge in [0, 0.05) is 21.5 Å². The fraction of sp³-hybridized carbons (Fsp3) is 0.389. The molecule has 0 bridgehead atoms. The van der Waals surface area contributed by atoms with Gasteiger partial charge in [0.1, 0.15) is 0 Å². The van der Waals surface area contributed by atoms with Crippen molar-refractivity contribution in [3.63, 3.8) is 0 Å². The zero-order valence-corrected chi connectivity index (χ0v) is 14.7. The van der Waals surface area contributed by atoms with E-state index in [0.717, 1.165) is 13.1 Å². The number of nitrogens with one attached hydrogen (secondary N) is 1. The highest BCUT2D eigenvalue weighted by Crippen LogP contribution is 2.31. The van der Waals surface area contributed by atoms with Gasteiger partial charge in [0.25, 0.3) is 5.91 Å². The van der Waals surface area contributed by atoms with Crippen LogP contribution in [-0.4, -0.2) is 29.9 Å². The topological polar surface area (TPSA) is 32.3 Å². The maximum Gasteiger partial charge on any atom is 0.251 e. The zero-order chi connectivity index (χ0) is 16.2. The Hall–Kier alpha value is -1.36. The fourth-order valence-corrected chi connectivity index (χ4v) is 4.37. The number of amides is 1. The van der Waals surface area contributed by atoms with Crippen molar-refractivity contribution >= 4 is 28.8 Å². The summed E-state index contributed by atoms with van der Waals surface area (Å²) in [5, 5.41) is 5.84. The first kappa shape index (κ1) is 16.5. The summed E-state index contributed by atoms with van der Waals surface area (Å²) in [5.41, 5.74) is 0.607. The molecule has 5 heteroatoms. The first-order valence-electron chi connectivity index (χ1n) is 7.99. The molecule has 0 unspecified atom stereocenters. The maximum absolute atomic E-state index is 12.5. The highest BCUT2D eigenvalue weighted by Gasteiger charge is 2.30. The number of carbonyl (C=O) groups excluding carboxylic acids is 1. The smallest absolute Gasteiger partial charge is 0.251 e. The molecule has 2 atom stereocenters.